The fourth-order valence-corrected chi connectivity index (χ4v) is 1.62. The minimum Gasteiger partial charge on any atom is -0.324 e. The smallest absolute Gasteiger partial charge is 0.152 e. The average molecular weight is 264 g/mol. The van der Waals surface area contributed by atoms with Gasteiger partial charge < -0.3 is 10.6 Å². The Hall–Kier alpha value is -3.02. The Bertz CT molecular complexity index is 615. The van der Waals surface area contributed by atoms with Crippen molar-refractivity contribution >= 4 is 23.3 Å². The summed E-state index contributed by atoms with van der Waals surface area (Å²) in [4.78, 5) is 16.9. The molecule has 3 heterocycles. The van der Waals surface area contributed by atoms with Gasteiger partial charge in [0.2, 0.25) is 0 Å². The first kappa shape index (κ1) is 12.0. The number of hydrogen-bond acceptors (Lipinski definition) is 6. The number of hydrogen-bond donors (Lipinski definition) is 2. The van der Waals surface area contributed by atoms with E-state index in [1.165, 1.54) is 0 Å². The highest BCUT2D eigenvalue weighted by Gasteiger charge is 2.01. The molecule has 0 radical (unpaired) electrons. The van der Waals surface area contributed by atoms with Crippen LogP contribution in [0.2, 0.25) is 0 Å². The summed E-state index contributed by atoms with van der Waals surface area (Å²) in [6, 6.07) is 11.2. The Kier molecular flexibility index (Phi) is 3.46. The molecule has 0 saturated carbocycles. The van der Waals surface area contributed by atoms with Crippen molar-refractivity contribution < 1.29 is 0 Å². The maximum absolute atomic E-state index is 4.40. The first-order chi connectivity index (χ1) is 9.90. The zero-order valence-corrected chi connectivity index (χ0v) is 10.6. The van der Waals surface area contributed by atoms with E-state index >= 15 is 0 Å². The molecule has 0 bridgehead atoms. The van der Waals surface area contributed by atoms with Gasteiger partial charge in [-0.3, -0.25) is 4.98 Å². The van der Waals surface area contributed by atoms with Gasteiger partial charge in [0.1, 0.15) is 11.6 Å². The van der Waals surface area contributed by atoms with Crippen molar-refractivity contribution in [2.24, 2.45) is 0 Å². The van der Waals surface area contributed by atoms with Crippen molar-refractivity contribution in [3.8, 4) is 0 Å². The van der Waals surface area contributed by atoms with Gasteiger partial charge in [-0.15, -0.1) is 0 Å². The molecule has 0 spiro atoms. The van der Waals surface area contributed by atoms with Gasteiger partial charge >= 0.3 is 0 Å². The van der Waals surface area contributed by atoms with Crippen molar-refractivity contribution in [1.82, 2.24) is 19.9 Å². The fourth-order valence-electron chi connectivity index (χ4n) is 1.62. The van der Waals surface area contributed by atoms with E-state index in [1.807, 2.05) is 36.4 Å². The summed E-state index contributed by atoms with van der Waals surface area (Å²) < 4.78 is 0. The third kappa shape index (κ3) is 3.05. The highest BCUT2D eigenvalue weighted by molar-refractivity contribution is 5.56. The molecule has 20 heavy (non-hydrogen) atoms. The molecule has 0 atom stereocenters. The predicted octanol–water partition coefficient (Wildman–Crippen LogP) is 2.75. The molecule has 3 rings (SSSR count). The number of nitrogens with one attached hydrogen (secondary N) is 2. The molecule has 0 fully saturated rings. The Morgan fingerprint density at radius 2 is 1.20 bits per heavy atom. The van der Waals surface area contributed by atoms with Crippen LogP contribution in [0.4, 0.5) is 23.3 Å². The SMILES string of the molecule is c1ccc(Nc2cncc(Nc3ccccn3)n2)nc1. The number of pyridine rings is 2. The van der Waals surface area contributed by atoms with Gasteiger partial charge in [0.15, 0.2) is 11.6 Å². The number of nitrogens with zero attached hydrogens (tertiary/aromatic N) is 4. The normalized spacial score (nSPS) is 10.0. The van der Waals surface area contributed by atoms with Gasteiger partial charge in [-0.05, 0) is 24.3 Å². The number of anilines is 4. The first-order valence-corrected chi connectivity index (χ1v) is 6.08. The molecule has 0 aromatic carbocycles. The summed E-state index contributed by atoms with van der Waals surface area (Å²) in [5.41, 5.74) is 0. The van der Waals surface area contributed by atoms with Crippen LogP contribution in [0, 0.1) is 0 Å². The van der Waals surface area contributed by atoms with Crippen LogP contribution in [-0.2, 0) is 0 Å². The van der Waals surface area contributed by atoms with Crippen LogP contribution < -0.4 is 10.6 Å². The van der Waals surface area contributed by atoms with E-state index in [4.69, 9.17) is 0 Å². The minimum absolute atomic E-state index is 0.615. The Morgan fingerprint density at radius 3 is 1.65 bits per heavy atom. The lowest BCUT2D eigenvalue weighted by molar-refractivity contribution is 1.17. The van der Waals surface area contributed by atoms with E-state index in [0.717, 1.165) is 11.6 Å². The lowest BCUT2D eigenvalue weighted by Crippen LogP contribution is -2.00. The molecular weight excluding hydrogens is 252 g/mol. The highest BCUT2D eigenvalue weighted by atomic mass is 15.1. The second-order valence-electron chi connectivity index (χ2n) is 3.97. The molecule has 0 aliphatic carbocycles. The maximum atomic E-state index is 4.40. The van der Waals surface area contributed by atoms with E-state index in [1.54, 1.807) is 24.8 Å². The molecule has 3 aromatic heterocycles. The minimum atomic E-state index is 0.615. The Balaban J connectivity index is 1.76. The molecule has 98 valence electrons. The van der Waals surface area contributed by atoms with Gasteiger partial charge in [-0.1, -0.05) is 12.1 Å². The molecule has 0 unspecified atom stereocenters. The lowest BCUT2D eigenvalue weighted by atomic mass is 10.4. The molecule has 0 amide bonds. The molecule has 3 aromatic rings. The zero-order chi connectivity index (χ0) is 13.6. The lowest BCUT2D eigenvalue weighted by Gasteiger charge is -2.07. The molecule has 0 aliphatic rings. The van der Waals surface area contributed by atoms with Crippen molar-refractivity contribution in [2.75, 3.05) is 10.6 Å². The topological polar surface area (TPSA) is 75.6 Å². The molecule has 0 aliphatic heterocycles. The van der Waals surface area contributed by atoms with Crippen molar-refractivity contribution in [3.05, 3.63) is 61.2 Å². The van der Waals surface area contributed by atoms with E-state index in [-0.39, 0.29) is 0 Å². The average Bonchev–Trinajstić information content (AvgIpc) is 2.50. The largest absolute Gasteiger partial charge is 0.324 e. The van der Waals surface area contributed by atoms with Gasteiger partial charge in [-0.25, -0.2) is 15.0 Å². The third-order valence-electron chi connectivity index (χ3n) is 2.48. The third-order valence-corrected chi connectivity index (χ3v) is 2.48. The summed E-state index contributed by atoms with van der Waals surface area (Å²) in [5, 5.41) is 6.17. The molecule has 0 saturated heterocycles. The van der Waals surface area contributed by atoms with Crippen LogP contribution in [0.1, 0.15) is 0 Å². The summed E-state index contributed by atoms with van der Waals surface area (Å²) >= 11 is 0. The van der Waals surface area contributed by atoms with Crippen LogP contribution >= 0.6 is 0 Å². The number of aromatic nitrogens is 4. The van der Waals surface area contributed by atoms with Crippen LogP contribution in [0.3, 0.4) is 0 Å². The standard InChI is InChI=1S/C14H12N6/c1-3-7-16-11(5-1)18-13-9-15-10-14(20-13)19-12-6-2-4-8-17-12/h1-10H,(H2,16,17,18,19,20). The summed E-state index contributed by atoms with van der Waals surface area (Å²) in [6.07, 6.45) is 6.70. The summed E-state index contributed by atoms with van der Waals surface area (Å²) in [7, 11) is 0. The quantitative estimate of drug-likeness (QED) is 0.754. The molecule has 6 nitrogen and oxygen atoms in total. The van der Waals surface area contributed by atoms with Crippen LogP contribution in [0.15, 0.2) is 61.2 Å². The highest BCUT2D eigenvalue weighted by Crippen LogP contribution is 2.15. The van der Waals surface area contributed by atoms with Crippen LogP contribution in [-0.4, -0.2) is 19.9 Å². The van der Waals surface area contributed by atoms with E-state index in [9.17, 15) is 0 Å². The monoisotopic (exact) mass is 264 g/mol. The Labute approximate surface area is 116 Å². The van der Waals surface area contributed by atoms with Gasteiger partial charge in [-0.2, -0.15) is 0 Å². The second kappa shape index (κ2) is 5.75. The Morgan fingerprint density at radius 1 is 0.650 bits per heavy atom. The van der Waals surface area contributed by atoms with Gasteiger partial charge in [0.05, 0.1) is 12.4 Å². The van der Waals surface area contributed by atoms with E-state index in [2.05, 4.69) is 30.6 Å². The number of rotatable bonds is 4. The second-order valence-corrected chi connectivity index (χ2v) is 3.97. The van der Waals surface area contributed by atoms with E-state index in [0.29, 0.717) is 11.6 Å². The fraction of sp³-hybridized carbons (Fsp3) is 0. The van der Waals surface area contributed by atoms with Crippen LogP contribution in [0.5, 0.6) is 0 Å². The first-order valence-electron chi connectivity index (χ1n) is 6.08. The van der Waals surface area contributed by atoms with Crippen LogP contribution in [0.25, 0.3) is 0 Å². The van der Waals surface area contributed by atoms with Crippen molar-refractivity contribution in [2.45, 2.75) is 0 Å². The van der Waals surface area contributed by atoms with Gasteiger partial charge in [0.25, 0.3) is 0 Å². The van der Waals surface area contributed by atoms with Gasteiger partial charge in [0, 0.05) is 12.4 Å². The summed E-state index contributed by atoms with van der Waals surface area (Å²) in [6.45, 7) is 0. The van der Waals surface area contributed by atoms with Crippen molar-refractivity contribution in [3.63, 3.8) is 0 Å². The molecule has 2 N–H and O–H groups in total. The molecular formula is C14H12N6. The maximum Gasteiger partial charge on any atom is 0.152 e. The predicted molar refractivity (Wildman–Crippen MR) is 77.1 cm³/mol. The van der Waals surface area contributed by atoms with Crippen molar-refractivity contribution in [1.29, 1.82) is 0 Å². The summed E-state index contributed by atoms with van der Waals surface area (Å²) in [5.74, 6) is 2.67. The zero-order valence-electron chi connectivity index (χ0n) is 10.6. The van der Waals surface area contributed by atoms with E-state index < -0.39 is 0 Å². The molecule has 6 heteroatoms.